The Balaban J connectivity index is 1.59. The van der Waals surface area contributed by atoms with E-state index in [1.54, 1.807) is 6.92 Å². The number of aromatic nitrogens is 4. The second-order valence-corrected chi connectivity index (χ2v) is 7.56. The first-order chi connectivity index (χ1) is 14.0. The highest BCUT2D eigenvalue weighted by molar-refractivity contribution is 6.32. The first-order valence-corrected chi connectivity index (χ1v) is 9.69. The number of alkyl halides is 3. The van der Waals surface area contributed by atoms with Crippen LogP contribution in [0.2, 0.25) is 5.02 Å². The average molecular weight is 449 g/mol. The second kappa shape index (κ2) is 8.25. The van der Waals surface area contributed by atoms with E-state index in [4.69, 9.17) is 11.6 Å². The van der Waals surface area contributed by atoms with E-state index in [2.05, 4.69) is 15.5 Å². The number of halogens is 4. The molecule has 1 unspecified atom stereocenters. The van der Waals surface area contributed by atoms with Crippen molar-refractivity contribution in [3.63, 3.8) is 0 Å². The molecule has 1 fully saturated rings. The predicted octanol–water partition coefficient (Wildman–Crippen LogP) is 3.61. The van der Waals surface area contributed by atoms with Gasteiger partial charge in [-0.2, -0.15) is 23.4 Å². The highest BCUT2D eigenvalue weighted by atomic mass is 35.5. The predicted molar refractivity (Wildman–Crippen MR) is 100 cm³/mol. The van der Waals surface area contributed by atoms with Gasteiger partial charge < -0.3 is 5.32 Å². The van der Waals surface area contributed by atoms with Crippen LogP contribution >= 0.6 is 11.6 Å². The van der Waals surface area contributed by atoms with Crippen molar-refractivity contribution in [1.29, 1.82) is 0 Å². The SMILES string of the molecule is Cc1c([N+](=O)[O-])cnn1C(C)C(=O)NCCCn1nc(C(F)(F)F)c(Cl)c1C1CC1. The van der Waals surface area contributed by atoms with Gasteiger partial charge in [0.05, 0.1) is 15.6 Å². The van der Waals surface area contributed by atoms with Crippen molar-refractivity contribution in [1.82, 2.24) is 24.9 Å². The molecule has 1 aliphatic carbocycles. The molecule has 1 saturated carbocycles. The van der Waals surface area contributed by atoms with Gasteiger partial charge >= 0.3 is 11.9 Å². The summed E-state index contributed by atoms with van der Waals surface area (Å²) in [5.74, 6) is -0.428. The minimum atomic E-state index is -4.63. The summed E-state index contributed by atoms with van der Waals surface area (Å²) < 4.78 is 41.8. The van der Waals surface area contributed by atoms with Gasteiger partial charge in [0.25, 0.3) is 0 Å². The Bertz CT molecular complexity index is 967. The number of aryl methyl sites for hydroxylation is 1. The van der Waals surface area contributed by atoms with Crippen molar-refractivity contribution in [3.8, 4) is 0 Å². The maximum Gasteiger partial charge on any atom is 0.436 e. The largest absolute Gasteiger partial charge is 0.436 e. The molecule has 2 heterocycles. The van der Waals surface area contributed by atoms with Crippen LogP contribution in [0.1, 0.15) is 55.2 Å². The van der Waals surface area contributed by atoms with Crippen LogP contribution in [0.3, 0.4) is 0 Å². The van der Waals surface area contributed by atoms with Crippen LogP contribution in [0.4, 0.5) is 18.9 Å². The van der Waals surface area contributed by atoms with Gasteiger partial charge in [0, 0.05) is 19.0 Å². The molecule has 0 aromatic carbocycles. The summed E-state index contributed by atoms with van der Waals surface area (Å²) in [4.78, 5) is 22.7. The Labute approximate surface area is 174 Å². The molecule has 0 aliphatic heterocycles. The van der Waals surface area contributed by atoms with E-state index in [0.29, 0.717) is 12.1 Å². The summed E-state index contributed by atoms with van der Waals surface area (Å²) in [5, 5.41) is 20.8. The summed E-state index contributed by atoms with van der Waals surface area (Å²) >= 11 is 5.93. The molecule has 1 atom stereocenters. The van der Waals surface area contributed by atoms with Crippen LogP contribution in [0.25, 0.3) is 0 Å². The number of nitrogens with one attached hydrogen (secondary N) is 1. The lowest BCUT2D eigenvalue weighted by Gasteiger charge is -2.14. The molecule has 0 radical (unpaired) electrons. The highest BCUT2D eigenvalue weighted by Gasteiger charge is 2.41. The number of nitro groups is 1. The fraction of sp³-hybridized carbons (Fsp3) is 0.588. The van der Waals surface area contributed by atoms with Gasteiger partial charge in [-0.25, -0.2) is 0 Å². The van der Waals surface area contributed by atoms with E-state index in [9.17, 15) is 28.1 Å². The number of amides is 1. The molecule has 13 heteroatoms. The third-order valence-corrected chi connectivity index (χ3v) is 5.34. The van der Waals surface area contributed by atoms with Crippen molar-refractivity contribution >= 4 is 23.2 Å². The summed E-state index contributed by atoms with van der Waals surface area (Å²) in [6.45, 7) is 3.40. The number of hydrogen-bond donors (Lipinski definition) is 1. The molecule has 1 N–H and O–H groups in total. The first-order valence-electron chi connectivity index (χ1n) is 9.32. The van der Waals surface area contributed by atoms with Gasteiger partial charge in [-0.1, -0.05) is 11.6 Å². The van der Waals surface area contributed by atoms with E-state index < -0.39 is 28.7 Å². The molecule has 0 spiro atoms. The fourth-order valence-electron chi connectivity index (χ4n) is 3.23. The minimum absolute atomic E-state index is 0.0192. The molecule has 3 rings (SSSR count). The number of hydrogen-bond acceptors (Lipinski definition) is 5. The third-order valence-electron chi connectivity index (χ3n) is 4.97. The molecule has 2 aromatic heterocycles. The zero-order valence-corrected chi connectivity index (χ0v) is 17.0. The lowest BCUT2D eigenvalue weighted by Crippen LogP contribution is -2.33. The lowest BCUT2D eigenvalue weighted by molar-refractivity contribution is -0.385. The van der Waals surface area contributed by atoms with Gasteiger partial charge in [0.2, 0.25) is 5.91 Å². The maximum absolute atomic E-state index is 13.1. The topological polar surface area (TPSA) is 108 Å². The lowest BCUT2D eigenvalue weighted by atomic mass is 10.2. The van der Waals surface area contributed by atoms with Crippen LogP contribution < -0.4 is 5.32 Å². The average Bonchev–Trinajstić information content (AvgIpc) is 3.32. The summed E-state index contributed by atoms with van der Waals surface area (Å²) in [5.41, 5.74) is -0.622. The van der Waals surface area contributed by atoms with Crippen molar-refractivity contribution in [2.45, 2.75) is 57.8 Å². The molecule has 30 heavy (non-hydrogen) atoms. The Hall–Kier alpha value is -2.63. The van der Waals surface area contributed by atoms with E-state index >= 15 is 0 Å². The second-order valence-electron chi connectivity index (χ2n) is 7.18. The molecular formula is C17H20ClF3N6O3. The van der Waals surface area contributed by atoms with Gasteiger partial charge in [-0.05, 0) is 33.1 Å². The van der Waals surface area contributed by atoms with Crippen LogP contribution in [-0.4, -0.2) is 36.9 Å². The van der Waals surface area contributed by atoms with Crippen molar-refractivity contribution < 1.29 is 22.9 Å². The number of rotatable bonds is 8. The van der Waals surface area contributed by atoms with Crippen LogP contribution in [-0.2, 0) is 17.5 Å². The Morgan fingerprint density at radius 2 is 2.13 bits per heavy atom. The van der Waals surface area contributed by atoms with E-state index in [1.807, 2.05) is 0 Å². The third kappa shape index (κ3) is 4.42. The Morgan fingerprint density at radius 1 is 1.47 bits per heavy atom. The smallest absolute Gasteiger partial charge is 0.354 e. The quantitative estimate of drug-likeness (QED) is 0.377. The van der Waals surface area contributed by atoms with E-state index in [1.165, 1.54) is 16.3 Å². The van der Waals surface area contributed by atoms with Crippen molar-refractivity contribution in [2.24, 2.45) is 0 Å². The monoisotopic (exact) mass is 448 g/mol. The Morgan fingerprint density at radius 3 is 2.67 bits per heavy atom. The molecule has 1 amide bonds. The van der Waals surface area contributed by atoms with Crippen molar-refractivity contribution in [2.75, 3.05) is 6.54 Å². The zero-order valence-electron chi connectivity index (χ0n) is 16.2. The molecule has 0 bridgehead atoms. The van der Waals surface area contributed by atoms with E-state index in [-0.39, 0.29) is 35.4 Å². The van der Waals surface area contributed by atoms with E-state index in [0.717, 1.165) is 19.0 Å². The number of nitrogens with zero attached hydrogens (tertiary/aromatic N) is 5. The Kier molecular flexibility index (Phi) is 6.06. The number of carbonyl (C=O) groups is 1. The van der Waals surface area contributed by atoms with Gasteiger partial charge in [-0.3, -0.25) is 24.3 Å². The molecular weight excluding hydrogens is 429 g/mol. The molecule has 9 nitrogen and oxygen atoms in total. The molecule has 1 aliphatic rings. The summed E-state index contributed by atoms with van der Waals surface area (Å²) in [6, 6.07) is -0.781. The molecule has 2 aromatic rings. The van der Waals surface area contributed by atoms with Gasteiger partial charge in [0.15, 0.2) is 5.69 Å². The summed E-state index contributed by atoms with van der Waals surface area (Å²) in [7, 11) is 0. The summed E-state index contributed by atoms with van der Waals surface area (Å²) in [6.07, 6.45) is -1.66. The standard InChI is InChI=1S/C17H20ClF3N6O3/c1-9-12(27(29)30)8-23-26(9)10(2)16(28)22-6-3-7-25-14(11-4-5-11)13(18)15(24-25)17(19,20)21/h8,10-11H,3-7H2,1-2H3,(H,22,28). The molecule has 164 valence electrons. The van der Waals surface area contributed by atoms with Gasteiger partial charge in [0.1, 0.15) is 17.9 Å². The maximum atomic E-state index is 13.1. The fourth-order valence-corrected chi connectivity index (χ4v) is 3.63. The van der Waals surface area contributed by atoms with Gasteiger partial charge in [-0.15, -0.1) is 0 Å². The van der Waals surface area contributed by atoms with Crippen LogP contribution in [0.5, 0.6) is 0 Å². The normalized spacial score (nSPS) is 15.3. The minimum Gasteiger partial charge on any atom is -0.354 e. The number of carbonyl (C=O) groups excluding carboxylic acids is 1. The zero-order chi connectivity index (χ0) is 22.2. The first kappa shape index (κ1) is 22.1. The molecule has 0 saturated heterocycles. The van der Waals surface area contributed by atoms with Crippen molar-refractivity contribution in [3.05, 3.63) is 38.4 Å². The highest BCUT2D eigenvalue weighted by Crippen LogP contribution is 2.46. The van der Waals surface area contributed by atoms with Crippen LogP contribution in [0.15, 0.2) is 6.20 Å². The van der Waals surface area contributed by atoms with Crippen LogP contribution in [0, 0.1) is 17.0 Å².